The van der Waals surface area contributed by atoms with Crippen LogP contribution in [0.4, 0.5) is 5.69 Å². The molecule has 0 radical (unpaired) electrons. The second-order valence-corrected chi connectivity index (χ2v) is 7.61. The van der Waals surface area contributed by atoms with Gasteiger partial charge in [0.05, 0.1) is 17.8 Å². The Labute approximate surface area is 168 Å². The van der Waals surface area contributed by atoms with Crippen LogP contribution in [0.2, 0.25) is 5.02 Å². The van der Waals surface area contributed by atoms with E-state index in [-0.39, 0.29) is 24.1 Å². The van der Waals surface area contributed by atoms with E-state index in [4.69, 9.17) is 11.6 Å². The summed E-state index contributed by atoms with van der Waals surface area (Å²) in [5.41, 5.74) is 0.442. The third-order valence-electron chi connectivity index (χ3n) is 4.88. The van der Waals surface area contributed by atoms with Crippen LogP contribution in [0.3, 0.4) is 0 Å². The van der Waals surface area contributed by atoms with Gasteiger partial charge in [0.25, 0.3) is 0 Å². The van der Waals surface area contributed by atoms with E-state index in [0.717, 1.165) is 0 Å². The molecule has 7 heteroatoms. The van der Waals surface area contributed by atoms with Crippen LogP contribution in [0.25, 0.3) is 0 Å². The van der Waals surface area contributed by atoms with Crippen molar-refractivity contribution >= 4 is 34.9 Å². The highest BCUT2D eigenvalue weighted by molar-refractivity contribution is 6.31. The lowest BCUT2D eigenvalue weighted by molar-refractivity contribution is -0.136. The lowest BCUT2D eigenvalue weighted by Crippen LogP contribution is -2.62. The summed E-state index contributed by atoms with van der Waals surface area (Å²) in [6.45, 7) is 4.67. The van der Waals surface area contributed by atoms with Crippen LogP contribution in [0, 0.1) is 0 Å². The predicted octanol–water partition coefficient (Wildman–Crippen LogP) is 2.72. The Hall–Kier alpha value is -2.70. The standard InChI is InChI=1S/C21H22ClN3O3/c1-21(2)20(28)23-10-11-25(21)13-18(26)24-17-9-8-15(22)12-16(17)19(27)14-6-4-3-5-7-14/h3-9,12H,10-11,13H2,1-2H3,(H,23,28)(H,24,26). The number of nitrogens with zero attached hydrogens (tertiary/aromatic N) is 1. The van der Waals surface area contributed by atoms with Crippen molar-refractivity contribution in [1.82, 2.24) is 10.2 Å². The summed E-state index contributed by atoms with van der Waals surface area (Å²) < 4.78 is 0. The fraction of sp³-hybridized carbons (Fsp3) is 0.286. The molecule has 1 fully saturated rings. The summed E-state index contributed by atoms with van der Waals surface area (Å²) in [7, 11) is 0. The zero-order chi connectivity index (χ0) is 20.3. The molecule has 146 valence electrons. The average molecular weight is 400 g/mol. The molecule has 1 aliphatic rings. The monoisotopic (exact) mass is 399 g/mol. The lowest BCUT2D eigenvalue weighted by atomic mass is 9.99. The maximum atomic E-state index is 12.9. The van der Waals surface area contributed by atoms with Crippen LogP contribution in [0.5, 0.6) is 0 Å². The van der Waals surface area contributed by atoms with E-state index in [1.54, 1.807) is 56.3 Å². The molecule has 0 saturated carbocycles. The van der Waals surface area contributed by atoms with E-state index in [1.807, 2.05) is 11.0 Å². The first-order chi connectivity index (χ1) is 13.3. The first-order valence-electron chi connectivity index (χ1n) is 9.01. The third-order valence-corrected chi connectivity index (χ3v) is 5.12. The number of nitrogens with one attached hydrogen (secondary N) is 2. The molecule has 6 nitrogen and oxygen atoms in total. The zero-order valence-electron chi connectivity index (χ0n) is 15.8. The molecule has 0 aliphatic carbocycles. The van der Waals surface area contributed by atoms with Gasteiger partial charge in [0, 0.05) is 29.2 Å². The number of piperazine rings is 1. The van der Waals surface area contributed by atoms with Crippen LogP contribution in [0.1, 0.15) is 29.8 Å². The molecule has 1 heterocycles. The van der Waals surface area contributed by atoms with E-state index >= 15 is 0 Å². The number of hydrogen-bond acceptors (Lipinski definition) is 4. The molecule has 3 rings (SSSR count). The van der Waals surface area contributed by atoms with Crippen molar-refractivity contribution in [2.75, 3.05) is 25.0 Å². The Kier molecular flexibility index (Phi) is 5.82. The van der Waals surface area contributed by atoms with Gasteiger partial charge in [-0.15, -0.1) is 0 Å². The van der Waals surface area contributed by atoms with E-state index in [1.165, 1.54) is 0 Å². The molecule has 2 aromatic carbocycles. The summed E-state index contributed by atoms with van der Waals surface area (Å²) in [6, 6.07) is 13.6. The Morgan fingerprint density at radius 2 is 1.89 bits per heavy atom. The predicted molar refractivity (Wildman–Crippen MR) is 109 cm³/mol. The van der Waals surface area contributed by atoms with E-state index in [2.05, 4.69) is 10.6 Å². The molecule has 2 N–H and O–H groups in total. The Morgan fingerprint density at radius 3 is 2.61 bits per heavy atom. The molecule has 2 amide bonds. The first kappa shape index (κ1) is 20.0. The largest absolute Gasteiger partial charge is 0.353 e. The summed E-state index contributed by atoms with van der Waals surface area (Å²) in [4.78, 5) is 39.4. The Bertz CT molecular complexity index is 912. The van der Waals surface area contributed by atoms with Crippen LogP contribution in [0.15, 0.2) is 48.5 Å². The van der Waals surface area contributed by atoms with Gasteiger partial charge in [0.15, 0.2) is 5.78 Å². The molecule has 2 aromatic rings. The summed E-state index contributed by atoms with van der Waals surface area (Å²) in [5.74, 6) is -0.638. The van der Waals surface area contributed by atoms with Crippen molar-refractivity contribution < 1.29 is 14.4 Å². The number of benzene rings is 2. The summed E-state index contributed by atoms with van der Waals surface area (Å²) in [5, 5.41) is 6.01. The molecule has 0 unspecified atom stereocenters. The number of amides is 2. The van der Waals surface area contributed by atoms with Crippen molar-refractivity contribution in [1.29, 1.82) is 0 Å². The van der Waals surface area contributed by atoms with Gasteiger partial charge in [0.2, 0.25) is 11.8 Å². The minimum atomic E-state index is -0.779. The van der Waals surface area contributed by atoms with Gasteiger partial charge in [-0.25, -0.2) is 0 Å². The number of hydrogen-bond donors (Lipinski definition) is 2. The molecule has 0 aromatic heterocycles. The SMILES string of the molecule is CC1(C)C(=O)NCCN1CC(=O)Nc1ccc(Cl)cc1C(=O)c1ccccc1. The van der Waals surface area contributed by atoms with Crippen LogP contribution >= 0.6 is 11.6 Å². The van der Waals surface area contributed by atoms with Crippen molar-refractivity contribution in [3.8, 4) is 0 Å². The van der Waals surface area contributed by atoms with Gasteiger partial charge in [0.1, 0.15) is 0 Å². The molecule has 1 aliphatic heterocycles. The summed E-state index contributed by atoms with van der Waals surface area (Å²) in [6.07, 6.45) is 0. The molecular weight excluding hydrogens is 378 g/mol. The van der Waals surface area contributed by atoms with Crippen LogP contribution < -0.4 is 10.6 Å². The van der Waals surface area contributed by atoms with Gasteiger partial charge < -0.3 is 10.6 Å². The van der Waals surface area contributed by atoms with Crippen molar-refractivity contribution in [2.24, 2.45) is 0 Å². The van der Waals surface area contributed by atoms with E-state index in [9.17, 15) is 14.4 Å². The van der Waals surface area contributed by atoms with Gasteiger partial charge >= 0.3 is 0 Å². The van der Waals surface area contributed by atoms with E-state index < -0.39 is 5.54 Å². The van der Waals surface area contributed by atoms with Crippen molar-refractivity contribution in [3.05, 3.63) is 64.7 Å². The Balaban J connectivity index is 1.80. The minimum Gasteiger partial charge on any atom is -0.353 e. The Morgan fingerprint density at radius 1 is 1.18 bits per heavy atom. The van der Waals surface area contributed by atoms with Gasteiger partial charge in [-0.1, -0.05) is 41.9 Å². The highest BCUT2D eigenvalue weighted by Crippen LogP contribution is 2.24. The van der Waals surface area contributed by atoms with Gasteiger partial charge in [-0.05, 0) is 32.0 Å². The molecule has 0 spiro atoms. The smallest absolute Gasteiger partial charge is 0.240 e. The number of halogens is 1. The van der Waals surface area contributed by atoms with Crippen molar-refractivity contribution in [3.63, 3.8) is 0 Å². The normalized spacial score (nSPS) is 16.3. The maximum Gasteiger partial charge on any atom is 0.240 e. The minimum absolute atomic E-state index is 0.0437. The molecule has 28 heavy (non-hydrogen) atoms. The quantitative estimate of drug-likeness (QED) is 0.758. The fourth-order valence-electron chi connectivity index (χ4n) is 3.14. The fourth-order valence-corrected chi connectivity index (χ4v) is 3.31. The number of ketones is 1. The molecule has 0 atom stereocenters. The molecule has 1 saturated heterocycles. The third kappa shape index (κ3) is 4.24. The number of carbonyl (C=O) groups excluding carboxylic acids is 3. The highest BCUT2D eigenvalue weighted by atomic mass is 35.5. The average Bonchev–Trinajstić information content (AvgIpc) is 2.67. The van der Waals surface area contributed by atoms with Gasteiger partial charge in [-0.3, -0.25) is 19.3 Å². The zero-order valence-corrected chi connectivity index (χ0v) is 16.5. The number of anilines is 1. The lowest BCUT2D eigenvalue weighted by Gasteiger charge is -2.40. The number of rotatable bonds is 5. The maximum absolute atomic E-state index is 12.9. The topological polar surface area (TPSA) is 78.5 Å². The second-order valence-electron chi connectivity index (χ2n) is 7.17. The van der Waals surface area contributed by atoms with Crippen LogP contribution in [-0.4, -0.2) is 47.7 Å². The van der Waals surface area contributed by atoms with Gasteiger partial charge in [-0.2, -0.15) is 0 Å². The summed E-state index contributed by atoms with van der Waals surface area (Å²) >= 11 is 6.08. The first-order valence-corrected chi connectivity index (χ1v) is 9.39. The molecular formula is C21H22ClN3O3. The second kappa shape index (κ2) is 8.12. The number of carbonyl (C=O) groups is 3. The highest BCUT2D eigenvalue weighted by Gasteiger charge is 2.38. The molecule has 0 bridgehead atoms. The van der Waals surface area contributed by atoms with Crippen LogP contribution in [-0.2, 0) is 9.59 Å². The van der Waals surface area contributed by atoms with E-state index in [0.29, 0.717) is 34.9 Å². The van der Waals surface area contributed by atoms with Crippen molar-refractivity contribution in [2.45, 2.75) is 19.4 Å².